The molecule has 0 amide bonds. The SMILES string of the molecule is O=C1C(=O)c2ccccc2C2=C1SCC1(CCCNCC1)O2. The zero-order valence-corrected chi connectivity index (χ0v) is 13.0. The van der Waals surface area contributed by atoms with Gasteiger partial charge in [-0.2, -0.15) is 0 Å². The van der Waals surface area contributed by atoms with Crippen LogP contribution in [0.25, 0.3) is 5.76 Å². The van der Waals surface area contributed by atoms with Gasteiger partial charge in [0.15, 0.2) is 0 Å². The first kappa shape index (κ1) is 14.0. The standard InChI is InChI=1S/C17H17NO3S/c19-13-11-4-1-2-5-12(11)15-16(14(13)20)22-10-17(21-15)6-3-8-18-9-7-17/h1-2,4-5,18H,3,6-10H2. The average Bonchev–Trinajstić information content (AvgIpc) is 2.78. The van der Waals surface area contributed by atoms with Crippen LogP contribution in [0, 0.1) is 0 Å². The molecule has 1 saturated heterocycles. The molecule has 1 aliphatic carbocycles. The highest BCUT2D eigenvalue weighted by Crippen LogP contribution is 2.46. The van der Waals surface area contributed by atoms with E-state index in [1.807, 2.05) is 12.1 Å². The van der Waals surface area contributed by atoms with Gasteiger partial charge in [0.1, 0.15) is 16.3 Å². The van der Waals surface area contributed by atoms with Gasteiger partial charge in [0.05, 0.1) is 0 Å². The molecule has 0 radical (unpaired) electrons. The minimum absolute atomic E-state index is 0.221. The smallest absolute Gasteiger partial charge is 0.243 e. The summed E-state index contributed by atoms with van der Waals surface area (Å²) in [4.78, 5) is 25.1. The fourth-order valence-electron chi connectivity index (χ4n) is 3.36. The van der Waals surface area contributed by atoms with Crippen molar-refractivity contribution < 1.29 is 14.3 Å². The Kier molecular flexibility index (Phi) is 3.35. The lowest BCUT2D eigenvalue weighted by atomic mass is 9.91. The molecule has 4 nitrogen and oxygen atoms in total. The number of fused-ring (bicyclic) bond motifs is 2. The second kappa shape index (κ2) is 5.25. The third kappa shape index (κ3) is 2.11. The number of ether oxygens (including phenoxy) is 1. The number of rotatable bonds is 0. The Labute approximate surface area is 133 Å². The van der Waals surface area contributed by atoms with Crippen LogP contribution in [-0.4, -0.2) is 36.0 Å². The van der Waals surface area contributed by atoms with Crippen LogP contribution in [0.3, 0.4) is 0 Å². The normalized spacial score (nSPS) is 28.0. The van der Waals surface area contributed by atoms with Crippen molar-refractivity contribution in [2.45, 2.75) is 24.9 Å². The minimum atomic E-state index is -0.416. The molecule has 1 fully saturated rings. The number of hydrogen-bond acceptors (Lipinski definition) is 5. The minimum Gasteiger partial charge on any atom is -0.484 e. The van der Waals surface area contributed by atoms with E-state index in [1.54, 1.807) is 12.1 Å². The van der Waals surface area contributed by atoms with Crippen molar-refractivity contribution in [2.75, 3.05) is 18.8 Å². The molecule has 1 atom stereocenters. The van der Waals surface area contributed by atoms with Crippen molar-refractivity contribution in [1.82, 2.24) is 5.32 Å². The Morgan fingerprint density at radius 3 is 2.73 bits per heavy atom. The van der Waals surface area contributed by atoms with E-state index in [1.165, 1.54) is 11.8 Å². The highest BCUT2D eigenvalue weighted by molar-refractivity contribution is 8.04. The number of carbonyl (C=O) groups excluding carboxylic acids is 2. The number of benzene rings is 1. The molecule has 3 aliphatic rings. The predicted molar refractivity (Wildman–Crippen MR) is 85.7 cm³/mol. The van der Waals surface area contributed by atoms with Gasteiger partial charge in [-0.1, -0.05) is 24.3 Å². The highest BCUT2D eigenvalue weighted by Gasteiger charge is 2.44. The van der Waals surface area contributed by atoms with Gasteiger partial charge in [-0.25, -0.2) is 0 Å². The first-order chi connectivity index (χ1) is 10.7. The second-order valence-electron chi connectivity index (χ2n) is 6.04. The fraction of sp³-hybridized carbons (Fsp3) is 0.412. The summed E-state index contributed by atoms with van der Waals surface area (Å²) in [6.07, 6.45) is 2.98. The Hall–Kier alpha value is -1.59. The first-order valence-corrected chi connectivity index (χ1v) is 8.64. The monoisotopic (exact) mass is 315 g/mol. The number of ketones is 2. The van der Waals surface area contributed by atoms with E-state index in [-0.39, 0.29) is 5.60 Å². The van der Waals surface area contributed by atoms with E-state index in [4.69, 9.17) is 4.74 Å². The summed E-state index contributed by atoms with van der Waals surface area (Å²) < 4.78 is 6.39. The van der Waals surface area contributed by atoms with E-state index >= 15 is 0 Å². The molecule has 1 unspecified atom stereocenters. The molecule has 1 N–H and O–H groups in total. The average molecular weight is 315 g/mol. The van der Waals surface area contributed by atoms with Crippen molar-refractivity contribution in [3.8, 4) is 0 Å². The van der Waals surface area contributed by atoms with Crippen molar-refractivity contribution in [1.29, 1.82) is 0 Å². The quantitative estimate of drug-likeness (QED) is 0.745. The third-order valence-electron chi connectivity index (χ3n) is 4.58. The molecule has 5 heteroatoms. The molecule has 114 valence electrons. The Balaban J connectivity index is 1.79. The van der Waals surface area contributed by atoms with Gasteiger partial charge in [-0.3, -0.25) is 9.59 Å². The molecule has 0 saturated carbocycles. The second-order valence-corrected chi connectivity index (χ2v) is 7.02. The van der Waals surface area contributed by atoms with Crippen molar-refractivity contribution >= 4 is 29.1 Å². The molecule has 1 spiro atoms. The summed E-state index contributed by atoms with van der Waals surface area (Å²) >= 11 is 1.49. The molecule has 4 rings (SSSR count). The summed E-state index contributed by atoms with van der Waals surface area (Å²) in [5.74, 6) is 0.539. The van der Waals surface area contributed by atoms with Gasteiger partial charge in [-0.15, -0.1) is 11.8 Å². The molecule has 1 aromatic rings. The van der Waals surface area contributed by atoms with Crippen LogP contribution in [0.1, 0.15) is 35.2 Å². The summed E-state index contributed by atoms with van der Waals surface area (Å²) in [7, 11) is 0. The van der Waals surface area contributed by atoms with E-state index in [2.05, 4.69) is 5.32 Å². The number of Topliss-reactive ketones (excluding diaryl/α,β-unsaturated/α-hetero) is 2. The summed E-state index contributed by atoms with van der Waals surface area (Å²) in [5, 5.41) is 3.40. The van der Waals surface area contributed by atoms with Crippen LogP contribution < -0.4 is 5.32 Å². The van der Waals surface area contributed by atoms with Gasteiger partial charge >= 0.3 is 0 Å². The Bertz CT molecular complexity index is 687. The van der Waals surface area contributed by atoms with Crippen LogP contribution in [-0.2, 0) is 9.53 Å². The highest BCUT2D eigenvalue weighted by atomic mass is 32.2. The molecule has 0 aromatic heterocycles. The van der Waals surface area contributed by atoms with Crippen molar-refractivity contribution in [3.05, 3.63) is 40.3 Å². The van der Waals surface area contributed by atoms with Crippen LogP contribution in [0.15, 0.2) is 29.2 Å². The van der Waals surface area contributed by atoms with Gasteiger partial charge in [-0.05, 0) is 25.9 Å². The first-order valence-electron chi connectivity index (χ1n) is 7.65. The van der Waals surface area contributed by atoms with E-state index in [9.17, 15) is 9.59 Å². The summed E-state index contributed by atoms with van der Waals surface area (Å²) in [6.45, 7) is 1.94. The number of allylic oxidation sites excluding steroid dienone is 1. The van der Waals surface area contributed by atoms with Crippen molar-refractivity contribution in [3.63, 3.8) is 0 Å². The summed E-state index contributed by atoms with van der Waals surface area (Å²) in [5.41, 5.74) is 1.02. The predicted octanol–water partition coefficient (Wildman–Crippen LogP) is 2.40. The van der Waals surface area contributed by atoms with E-state index < -0.39 is 11.6 Å². The maximum atomic E-state index is 12.3. The molecular formula is C17H17NO3S. The van der Waals surface area contributed by atoms with Crippen LogP contribution >= 0.6 is 11.8 Å². The molecule has 2 aliphatic heterocycles. The fourth-order valence-corrected chi connectivity index (χ4v) is 4.62. The number of nitrogens with one attached hydrogen (secondary N) is 1. The topological polar surface area (TPSA) is 55.4 Å². The number of thioether (sulfide) groups is 1. The third-order valence-corrected chi connectivity index (χ3v) is 5.91. The van der Waals surface area contributed by atoms with Crippen LogP contribution in [0.5, 0.6) is 0 Å². The Morgan fingerprint density at radius 2 is 1.86 bits per heavy atom. The van der Waals surface area contributed by atoms with E-state index in [0.717, 1.165) is 43.7 Å². The van der Waals surface area contributed by atoms with Gasteiger partial charge in [0.25, 0.3) is 0 Å². The van der Waals surface area contributed by atoms with Crippen LogP contribution in [0.4, 0.5) is 0 Å². The maximum Gasteiger partial charge on any atom is 0.243 e. The summed E-state index contributed by atoms with van der Waals surface area (Å²) in [6, 6.07) is 7.26. The van der Waals surface area contributed by atoms with Gasteiger partial charge in [0.2, 0.25) is 11.6 Å². The zero-order chi connectivity index (χ0) is 15.2. The number of hydrogen-bond donors (Lipinski definition) is 1. The molecule has 2 heterocycles. The zero-order valence-electron chi connectivity index (χ0n) is 12.2. The molecular weight excluding hydrogens is 298 g/mol. The van der Waals surface area contributed by atoms with Crippen LogP contribution in [0.2, 0.25) is 0 Å². The van der Waals surface area contributed by atoms with Gasteiger partial charge in [0, 0.05) is 23.3 Å². The van der Waals surface area contributed by atoms with Crippen molar-refractivity contribution in [2.24, 2.45) is 0 Å². The van der Waals surface area contributed by atoms with E-state index in [0.29, 0.717) is 16.2 Å². The molecule has 22 heavy (non-hydrogen) atoms. The lowest BCUT2D eigenvalue weighted by Gasteiger charge is -2.40. The Morgan fingerprint density at radius 1 is 1.05 bits per heavy atom. The molecule has 1 aromatic carbocycles. The molecule has 0 bridgehead atoms. The van der Waals surface area contributed by atoms with Gasteiger partial charge < -0.3 is 10.1 Å². The maximum absolute atomic E-state index is 12.3. The lowest BCUT2D eigenvalue weighted by Crippen LogP contribution is -2.41. The number of carbonyl (C=O) groups is 2. The lowest BCUT2D eigenvalue weighted by molar-refractivity contribution is -0.111. The largest absolute Gasteiger partial charge is 0.484 e.